The second kappa shape index (κ2) is 16.6. The molecule has 0 aromatic carbocycles. The van der Waals surface area contributed by atoms with Gasteiger partial charge < -0.3 is 10.4 Å². The predicted molar refractivity (Wildman–Crippen MR) is 90.3 cm³/mol. The lowest BCUT2D eigenvalue weighted by Crippen LogP contribution is -2.06. The first kappa shape index (κ1) is 19.5. The Kier molecular flexibility index (Phi) is 16.1. The van der Waals surface area contributed by atoms with E-state index in [-0.39, 0.29) is 0 Å². The first-order valence-corrected chi connectivity index (χ1v) is 8.78. The monoisotopic (exact) mass is 283 g/mol. The Morgan fingerprint density at radius 2 is 1.05 bits per heavy atom. The van der Waals surface area contributed by atoms with E-state index >= 15 is 0 Å². The lowest BCUT2D eigenvalue weighted by Gasteiger charge is -2.03. The number of hydrogen-bond acceptors (Lipinski definition) is 2. The number of nitrogens with one attached hydrogen (secondary N) is 1. The molecule has 0 saturated heterocycles. The zero-order chi connectivity index (χ0) is 14.9. The van der Waals surface area contributed by atoms with Gasteiger partial charge in [-0.15, -0.1) is 0 Å². The molecule has 0 radical (unpaired) electrons. The molecule has 0 aliphatic heterocycles. The number of aliphatic hydroxyl groups is 1. The molecule has 2 nitrogen and oxygen atoms in total. The normalized spacial score (nSPS) is 10.8. The van der Waals surface area contributed by atoms with Crippen LogP contribution in [0.15, 0.2) is 12.3 Å². The molecular formula is C18H37NO. The summed E-state index contributed by atoms with van der Waals surface area (Å²) in [6.45, 7) is 4.68. The van der Waals surface area contributed by atoms with Gasteiger partial charge in [-0.3, -0.25) is 0 Å². The molecule has 0 aromatic heterocycles. The number of unbranched alkanes of at least 4 members (excludes halogenated alkanes) is 12. The molecule has 0 spiro atoms. The van der Waals surface area contributed by atoms with Crippen LogP contribution < -0.4 is 5.32 Å². The zero-order valence-corrected chi connectivity index (χ0v) is 13.8. The van der Waals surface area contributed by atoms with Crippen molar-refractivity contribution in [3.8, 4) is 0 Å². The van der Waals surface area contributed by atoms with Gasteiger partial charge in [0.2, 0.25) is 0 Å². The second-order valence-electron chi connectivity index (χ2n) is 6.02. The molecule has 2 N–H and O–H groups in total. The molecule has 0 rings (SSSR count). The number of hydrogen-bond donors (Lipinski definition) is 2. The highest BCUT2D eigenvalue weighted by Gasteiger charge is 1.94. The first-order chi connectivity index (χ1) is 9.77. The van der Waals surface area contributed by atoms with E-state index in [0.29, 0.717) is 5.76 Å². The van der Waals surface area contributed by atoms with Crippen LogP contribution in [0.4, 0.5) is 0 Å². The fraction of sp³-hybridized carbons (Fsp3) is 0.889. The average Bonchev–Trinajstić information content (AvgIpc) is 2.43. The van der Waals surface area contributed by atoms with Gasteiger partial charge in [0.1, 0.15) is 0 Å². The fourth-order valence-corrected chi connectivity index (χ4v) is 2.58. The Morgan fingerprint density at radius 3 is 1.40 bits per heavy atom. The molecule has 2 heteroatoms. The lowest BCUT2D eigenvalue weighted by molar-refractivity contribution is 0.383. The minimum atomic E-state index is 0.343. The van der Waals surface area contributed by atoms with Crippen molar-refractivity contribution in [1.82, 2.24) is 5.32 Å². The van der Waals surface area contributed by atoms with Crippen molar-refractivity contribution >= 4 is 0 Å². The van der Waals surface area contributed by atoms with Crippen LogP contribution in [0, 0.1) is 0 Å². The maximum atomic E-state index is 8.96. The molecule has 0 aromatic rings. The van der Waals surface area contributed by atoms with Crippen LogP contribution in [0.1, 0.15) is 89.9 Å². The Morgan fingerprint density at radius 1 is 0.700 bits per heavy atom. The highest BCUT2D eigenvalue weighted by Crippen LogP contribution is 2.13. The van der Waals surface area contributed by atoms with E-state index in [4.69, 9.17) is 5.11 Å². The van der Waals surface area contributed by atoms with Gasteiger partial charge in [0.15, 0.2) is 0 Å². The minimum absolute atomic E-state index is 0.343. The van der Waals surface area contributed by atoms with Crippen LogP contribution in [0.5, 0.6) is 0 Å². The SMILES string of the molecule is C=C(O)CCCCCCCCCCCCCCCNC. The van der Waals surface area contributed by atoms with Crippen LogP contribution in [0.2, 0.25) is 0 Å². The van der Waals surface area contributed by atoms with Gasteiger partial charge in [0.25, 0.3) is 0 Å². The summed E-state index contributed by atoms with van der Waals surface area (Å²) in [4.78, 5) is 0. The number of allylic oxidation sites excluding steroid dienone is 1. The molecular weight excluding hydrogens is 246 g/mol. The van der Waals surface area contributed by atoms with Gasteiger partial charge in [0, 0.05) is 6.42 Å². The van der Waals surface area contributed by atoms with E-state index in [0.717, 1.165) is 12.8 Å². The summed E-state index contributed by atoms with van der Waals surface area (Å²) < 4.78 is 0. The van der Waals surface area contributed by atoms with Crippen molar-refractivity contribution in [2.24, 2.45) is 0 Å². The van der Waals surface area contributed by atoms with E-state index in [1.807, 2.05) is 7.05 Å². The standard InChI is InChI=1S/C18H37NO/c1-18(20)16-14-12-10-8-6-4-3-5-7-9-11-13-15-17-19-2/h19-20H,1,3-17H2,2H3. The van der Waals surface area contributed by atoms with Gasteiger partial charge in [-0.25, -0.2) is 0 Å². The predicted octanol–water partition coefficient (Wildman–Crippen LogP) is 5.74. The molecule has 0 aliphatic rings. The molecule has 0 saturated carbocycles. The van der Waals surface area contributed by atoms with E-state index in [9.17, 15) is 0 Å². The molecule has 0 amide bonds. The topological polar surface area (TPSA) is 32.3 Å². The third-order valence-corrected chi connectivity index (χ3v) is 3.89. The van der Waals surface area contributed by atoms with Gasteiger partial charge in [-0.05, 0) is 26.4 Å². The maximum absolute atomic E-state index is 8.96. The first-order valence-electron chi connectivity index (χ1n) is 8.78. The molecule has 0 aliphatic carbocycles. The Labute approximate surface area is 127 Å². The fourth-order valence-electron chi connectivity index (χ4n) is 2.58. The Hall–Kier alpha value is -0.500. The summed E-state index contributed by atoms with van der Waals surface area (Å²) in [5, 5.41) is 12.2. The van der Waals surface area contributed by atoms with Crippen molar-refractivity contribution in [1.29, 1.82) is 0 Å². The van der Waals surface area contributed by atoms with Gasteiger partial charge in [-0.2, -0.15) is 0 Å². The summed E-state index contributed by atoms with van der Waals surface area (Å²) in [5.41, 5.74) is 0. The van der Waals surface area contributed by atoms with Gasteiger partial charge in [-0.1, -0.05) is 77.2 Å². The summed E-state index contributed by atoms with van der Waals surface area (Å²) in [7, 11) is 2.03. The van der Waals surface area contributed by atoms with Crippen LogP contribution in [-0.4, -0.2) is 18.7 Å². The second-order valence-corrected chi connectivity index (χ2v) is 6.02. The number of rotatable bonds is 16. The van der Waals surface area contributed by atoms with Gasteiger partial charge >= 0.3 is 0 Å². The Bertz CT molecular complexity index is 204. The quantitative estimate of drug-likeness (QED) is 0.280. The largest absolute Gasteiger partial charge is 0.513 e. The molecule has 0 atom stereocenters. The smallest absolute Gasteiger partial charge is 0.0851 e. The summed E-state index contributed by atoms with van der Waals surface area (Å²) in [6, 6.07) is 0. The summed E-state index contributed by atoms with van der Waals surface area (Å²) in [5.74, 6) is 0.343. The minimum Gasteiger partial charge on any atom is -0.513 e. The third kappa shape index (κ3) is 17.5. The molecule has 0 fully saturated rings. The molecule has 0 bridgehead atoms. The van der Waals surface area contributed by atoms with Crippen molar-refractivity contribution in [3.63, 3.8) is 0 Å². The van der Waals surface area contributed by atoms with E-state index in [2.05, 4.69) is 11.9 Å². The molecule has 20 heavy (non-hydrogen) atoms. The van der Waals surface area contributed by atoms with E-state index < -0.39 is 0 Å². The maximum Gasteiger partial charge on any atom is 0.0851 e. The average molecular weight is 283 g/mol. The van der Waals surface area contributed by atoms with E-state index in [1.165, 1.54) is 83.6 Å². The van der Waals surface area contributed by atoms with Crippen LogP contribution >= 0.6 is 0 Å². The van der Waals surface area contributed by atoms with Crippen molar-refractivity contribution < 1.29 is 5.11 Å². The molecule has 120 valence electrons. The van der Waals surface area contributed by atoms with Crippen LogP contribution in [0.3, 0.4) is 0 Å². The highest BCUT2D eigenvalue weighted by molar-refractivity contribution is 4.77. The third-order valence-electron chi connectivity index (χ3n) is 3.89. The van der Waals surface area contributed by atoms with Crippen LogP contribution in [-0.2, 0) is 0 Å². The lowest BCUT2D eigenvalue weighted by atomic mass is 10.0. The van der Waals surface area contributed by atoms with Gasteiger partial charge in [0.05, 0.1) is 5.76 Å². The number of aliphatic hydroxyl groups excluding tert-OH is 1. The zero-order valence-electron chi connectivity index (χ0n) is 13.8. The summed E-state index contributed by atoms with van der Waals surface area (Å²) in [6.07, 6.45) is 18.4. The molecule has 0 heterocycles. The van der Waals surface area contributed by atoms with E-state index in [1.54, 1.807) is 0 Å². The molecule has 0 unspecified atom stereocenters. The summed E-state index contributed by atoms with van der Waals surface area (Å²) >= 11 is 0. The highest BCUT2D eigenvalue weighted by atomic mass is 16.3. The van der Waals surface area contributed by atoms with Crippen LogP contribution in [0.25, 0.3) is 0 Å². The van der Waals surface area contributed by atoms with Crippen molar-refractivity contribution in [2.75, 3.05) is 13.6 Å². The van der Waals surface area contributed by atoms with Crippen molar-refractivity contribution in [3.05, 3.63) is 12.3 Å². The Balaban J connectivity index is 2.94. The van der Waals surface area contributed by atoms with Crippen molar-refractivity contribution in [2.45, 2.75) is 89.9 Å².